The zero-order valence-electron chi connectivity index (χ0n) is 14.3. The molecule has 0 amide bonds. The minimum Gasteiger partial charge on any atom is -0.328 e. The summed E-state index contributed by atoms with van der Waals surface area (Å²) < 4.78 is 0. The molecule has 0 atom stereocenters. The standard InChI is InChI=1S/C20H23N5/c21-17-6-2-14(3-7-17)4-9-19-24-13-16-12-15(5-8-18(16)25-19)20-22-10-1-11-23-20/h1,5,8,10-14,17H,2-4,6-7,9,21H2. The molecular formula is C20H23N5. The fraction of sp³-hybridized carbons (Fsp3) is 0.400. The molecule has 0 radical (unpaired) electrons. The molecule has 2 N–H and O–H groups in total. The van der Waals surface area contributed by atoms with E-state index in [9.17, 15) is 0 Å². The third-order valence-electron chi connectivity index (χ3n) is 5.12. The minimum absolute atomic E-state index is 0.413. The molecule has 1 aromatic carbocycles. The van der Waals surface area contributed by atoms with Crippen LogP contribution in [-0.4, -0.2) is 26.0 Å². The van der Waals surface area contributed by atoms with Crippen molar-refractivity contribution in [2.75, 3.05) is 0 Å². The van der Waals surface area contributed by atoms with E-state index in [4.69, 9.17) is 10.7 Å². The van der Waals surface area contributed by atoms with Crippen LogP contribution in [-0.2, 0) is 6.42 Å². The number of hydrogen-bond donors (Lipinski definition) is 1. The first-order valence-corrected chi connectivity index (χ1v) is 9.06. The van der Waals surface area contributed by atoms with Crippen molar-refractivity contribution < 1.29 is 0 Å². The largest absolute Gasteiger partial charge is 0.328 e. The molecular weight excluding hydrogens is 310 g/mol. The Bertz CT molecular complexity index is 841. The van der Waals surface area contributed by atoms with Crippen molar-refractivity contribution in [1.29, 1.82) is 0 Å². The van der Waals surface area contributed by atoms with E-state index in [1.54, 1.807) is 12.4 Å². The van der Waals surface area contributed by atoms with Crippen LogP contribution in [0.2, 0.25) is 0 Å². The molecule has 5 heteroatoms. The number of fused-ring (bicyclic) bond motifs is 1. The molecule has 0 aliphatic heterocycles. The Balaban J connectivity index is 1.47. The van der Waals surface area contributed by atoms with Gasteiger partial charge in [-0.05, 0) is 62.3 Å². The van der Waals surface area contributed by atoms with Gasteiger partial charge in [0.15, 0.2) is 5.82 Å². The number of aromatic nitrogens is 4. The van der Waals surface area contributed by atoms with Crippen molar-refractivity contribution in [3.05, 3.63) is 48.7 Å². The average Bonchev–Trinajstić information content (AvgIpc) is 2.68. The van der Waals surface area contributed by atoms with Gasteiger partial charge in [-0.15, -0.1) is 0 Å². The van der Waals surface area contributed by atoms with Crippen molar-refractivity contribution in [2.24, 2.45) is 11.7 Å². The second-order valence-corrected chi connectivity index (χ2v) is 6.95. The summed E-state index contributed by atoms with van der Waals surface area (Å²) in [4.78, 5) is 17.9. The lowest BCUT2D eigenvalue weighted by Gasteiger charge is -2.25. The molecule has 1 saturated carbocycles. The highest BCUT2D eigenvalue weighted by atomic mass is 14.9. The van der Waals surface area contributed by atoms with Crippen LogP contribution < -0.4 is 5.73 Å². The summed E-state index contributed by atoms with van der Waals surface area (Å²) in [7, 11) is 0. The van der Waals surface area contributed by atoms with E-state index >= 15 is 0 Å². The first-order valence-electron chi connectivity index (χ1n) is 9.06. The highest BCUT2D eigenvalue weighted by Gasteiger charge is 2.18. The molecule has 0 spiro atoms. The van der Waals surface area contributed by atoms with Crippen LogP contribution in [0.4, 0.5) is 0 Å². The molecule has 0 saturated heterocycles. The molecule has 0 unspecified atom stereocenters. The van der Waals surface area contributed by atoms with Gasteiger partial charge < -0.3 is 5.73 Å². The Hall–Kier alpha value is -2.40. The third kappa shape index (κ3) is 3.82. The predicted octanol–water partition coefficient (Wildman–Crippen LogP) is 3.54. The SMILES string of the molecule is NC1CCC(CCc2ncc3cc(-c4ncccn4)ccc3n2)CC1. The lowest BCUT2D eigenvalue weighted by molar-refractivity contribution is 0.309. The van der Waals surface area contributed by atoms with Crippen LogP contribution in [0.1, 0.15) is 37.9 Å². The highest BCUT2D eigenvalue weighted by Crippen LogP contribution is 2.27. The smallest absolute Gasteiger partial charge is 0.159 e. The number of rotatable bonds is 4. The lowest BCUT2D eigenvalue weighted by atomic mass is 9.84. The van der Waals surface area contributed by atoms with Crippen LogP contribution in [0.25, 0.3) is 22.3 Å². The van der Waals surface area contributed by atoms with Crippen LogP contribution in [0, 0.1) is 5.92 Å². The summed E-state index contributed by atoms with van der Waals surface area (Å²) >= 11 is 0. The number of hydrogen-bond acceptors (Lipinski definition) is 5. The van der Waals surface area contributed by atoms with Crippen molar-refractivity contribution in [2.45, 2.75) is 44.6 Å². The Morgan fingerprint density at radius 1 is 1.00 bits per heavy atom. The summed E-state index contributed by atoms with van der Waals surface area (Å²) in [6.07, 6.45) is 12.3. The summed E-state index contributed by atoms with van der Waals surface area (Å²) in [5, 5.41) is 1.03. The first-order chi connectivity index (χ1) is 12.3. The summed E-state index contributed by atoms with van der Waals surface area (Å²) in [5.74, 6) is 2.44. The van der Waals surface area contributed by atoms with Crippen molar-refractivity contribution >= 4 is 10.9 Å². The van der Waals surface area contributed by atoms with Gasteiger partial charge in [0.2, 0.25) is 0 Å². The summed E-state index contributed by atoms with van der Waals surface area (Å²) in [6.45, 7) is 0. The number of nitrogens with two attached hydrogens (primary N) is 1. The summed E-state index contributed by atoms with van der Waals surface area (Å²) in [6, 6.07) is 8.34. The minimum atomic E-state index is 0.413. The Morgan fingerprint density at radius 2 is 1.80 bits per heavy atom. The zero-order chi connectivity index (χ0) is 17.1. The van der Waals surface area contributed by atoms with E-state index in [0.29, 0.717) is 6.04 Å². The van der Waals surface area contributed by atoms with Gasteiger partial charge in [0.05, 0.1) is 5.52 Å². The fourth-order valence-corrected chi connectivity index (χ4v) is 3.59. The van der Waals surface area contributed by atoms with Crippen LogP contribution >= 0.6 is 0 Å². The second-order valence-electron chi connectivity index (χ2n) is 6.95. The molecule has 1 aliphatic rings. The van der Waals surface area contributed by atoms with E-state index in [0.717, 1.165) is 59.7 Å². The molecule has 4 rings (SSSR count). The Labute approximate surface area is 147 Å². The Kier molecular flexibility index (Phi) is 4.65. The molecule has 2 aromatic heterocycles. The molecule has 25 heavy (non-hydrogen) atoms. The molecule has 3 aromatic rings. The van der Waals surface area contributed by atoms with Crippen LogP contribution in [0.3, 0.4) is 0 Å². The molecule has 128 valence electrons. The van der Waals surface area contributed by atoms with E-state index in [2.05, 4.69) is 21.0 Å². The van der Waals surface area contributed by atoms with E-state index < -0.39 is 0 Å². The summed E-state index contributed by atoms with van der Waals surface area (Å²) in [5.41, 5.74) is 7.96. The Morgan fingerprint density at radius 3 is 2.60 bits per heavy atom. The van der Waals surface area contributed by atoms with E-state index in [1.165, 1.54) is 12.8 Å². The highest BCUT2D eigenvalue weighted by molar-refractivity contribution is 5.82. The van der Waals surface area contributed by atoms with Gasteiger partial charge in [0.25, 0.3) is 0 Å². The number of benzene rings is 1. The quantitative estimate of drug-likeness (QED) is 0.790. The van der Waals surface area contributed by atoms with Gasteiger partial charge in [-0.1, -0.05) is 0 Å². The van der Waals surface area contributed by atoms with E-state index in [1.807, 2.05) is 24.4 Å². The molecule has 1 fully saturated rings. The average molecular weight is 333 g/mol. The van der Waals surface area contributed by atoms with E-state index in [-0.39, 0.29) is 0 Å². The maximum absolute atomic E-state index is 5.99. The normalized spacial score (nSPS) is 20.7. The fourth-order valence-electron chi connectivity index (χ4n) is 3.59. The van der Waals surface area contributed by atoms with Gasteiger partial charge in [-0.2, -0.15) is 0 Å². The van der Waals surface area contributed by atoms with Gasteiger partial charge >= 0.3 is 0 Å². The van der Waals surface area contributed by atoms with Gasteiger partial charge in [0.1, 0.15) is 5.82 Å². The maximum atomic E-state index is 5.99. The maximum Gasteiger partial charge on any atom is 0.159 e. The van der Waals surface area contributed by atoms with Crippen LogP contribution in [0.15, 0.2) is 42.9 Å². The van der Waals surface area contributed by atoms with Crippen molar-refractivity contribution in [3.8, 4) is 11.4 Å². The lowest BCUT2D eigenvalue weighted by Crippen LogP contribution is -2.26. The molecule has 0 bridgehead atoms. The number of nitrogens with zero attached hydrogens (tertiary/aromatic N) is 4. The number of aryl methyl sites for hydroxylation is 1. The van der Waals surface area contributed by atoms with Crippen molar-refractivity contribution in [3.63, 3.8) is 0 Å². The monoisotopic (exact) mass is 333 g/mol. The van der Waals surface area contributed by atoms with Crippen molar-refractivity contribution in [1.82, 2.24) is 19.9 Å². The van der Waals surface area contributed by atoms with Crippen LogP contribution in [0.5, 0.6) is 0 Å². The second kappa shape index (κ2) is 7.23. The van der Waals surface area contributed by atoms with Gasteiger partial charge in [0, 0.05) is 42.0 Å². The van der Waals surface area contributed by atoms with Gasteiger partial charge in [-0.25, -0.2) is 19.9 Å². The molecule has 1 aliphatic carbocycles. The van der Waals surface area contributed by atoms with Gasteiger partial charge in [-0.3, -0.25) is 0 Å². The first kappa shape index (κ1) is 16.1. The zero-order valence-corrected chi connectivity index (χ0v) is 14.3. The molecule has 5 nitrogen and oxygen atoms in total. The molecule has 2 heterocycles. The topological polar surface area (TPSA) is 77.6 Å². The predicted molar refractivity (Wildman–Crippen MR) is 98.8 cm³/mol. The third-order valence-corrected chi connectivity index (χ3v) is 5.12.